The summed E-state index contributed by atoms with van der Waals surface area (Å²) in [4.78, 5) is 0. The van der Waals surface area contributed by atoms with Crippen LogP contribution in [0.5, 0.6) is 0 Å². The average molecular weight is 326 g/mol. The average Bonchev–Trinajstić information content (AvgIpc) is 2.30. The minimum atomic E-state index is 0.829. The van der Waals surface area contributed by atoms with Crippen LogP contribution in [0, 0.1) is 0 Å². The lowest BCUT2D eigenvalue weighted by molar-refractivity contribution is 1.68. The van der Waals surface area contributed by atoms with Crippen LogP contribution in [-0.4, -0.2) is 0 Å². The van der Waals surface area contributed by atoms with Crippen molar-refractivity contribution in [2.24, 2.45) is 0 Å². The number of hydrogen-bond acceptors (Lipinski definition) is 1. The Balaban J connectivity index is 2.83. The van der Waals surface area contributed by atoms with Gasteiger partial charge in [-0.3, -0.25) is 0 Å². The molecule has 0 atom stereocenters. The van der Waals surface area contributed by atoms with E-state index >= 15 is 0 Å². The third-order valence-corrected chi connectivity index (χ3v) is 4.60. The predicted octanol–water partition coefficient (Wildman–Crippen LogP) is 5.08. The van der Waals surface area contributed by atoms with Crippen LogP contribution in [-0.2, 0) is 0 Å². The Kier molecular flexibility index (Phi) is 2.47. The van der Waals surface area contributed by atoms with Gasteiger partial charge in [-0.2, -0.15) is 0 Å². The van der Waals surface area contributed by atoms with E-state index in [1.165, 1.54) is 10.1 Å². The summed E-state index contributed by atoms with van der Waals surface area (Å²) in [6.07, 6.45) is 0. The maximum Gasteiger partial charge on any atom is 0.0940 e. The number of rotatable bonds is 0. The van der Waals surface area contributed by atoms with E-state index in [-0.39, 0.29) is 0 Å². The summed E-state index contributed by atoms with van der Waals surface area (Å²) in [5, 5.41) is 1.18. The van der Waals surface area contributed by atoms with Gasteiger partial charge in [-0.15, -0.1) is 11.3 Å². The van der Waals surface area contributed by atoms with E-state index in [2.05, 4.69) is 44.0 Å². The van der Waals surface area contributed by atoms with Gasteiger partial charge in [-0.05, 0) is 55.4 Å². The molecule has 0 N–H and O–H groups in total. The summed E-state index contributed by atoms with van der Waals surface area (Å²) in [6.45, 7) is 0. The summed E-state index contributed by atoms with van der Waals surface area (Å²) in [7, 11) is 0. The van der Waals surface area contributed by atoms with Crippen LogP contribution >= 0.6 is 54.8 Å². The van der Waals surface area contributed by atoms with E-state index in [0.717, 1.165) is 13.3 Å². The highest BCUT2D eigenvalue weighted by atomic mass is 79.9. The van der Waals surface area contributed by atoms with Crippen LogP contribution in [0.25, 0.3) is 10.1 Å². The molecule has 0 fully saturated rings. The molecule has 2 rings (SSSR count). The molecule has 0 nitrogen and oxygen atoms in total. The topological polar surface area (TPSA) is 0 Å². The van der Waals surface area contributed by atoms with Crippen LogP contribution in [0.3, 0.4) is 0 Å². The molecule has 0 aliphatic rings. The molecule has 0 bridgehead atoms. The van der Waals surface area contributed by atoms with Gasteiger partial charge in [0.1, 0.15) is 0 Å². The number of hydrogen-bond donors (Lipinski definition) is 0. The minimum absolute atomic E-state index is 0.829. The summed E-state index contributed by atoms with van der Waals surface area (Å²) in [6, 6.07) is 6.09. The maximum absolute atomic E-state index is 5.88. The highest BCUT2D eigenvalue weighted by Crippen LogP contribution is 2.35. The fraction of sp³-hybridized carbons (Fsp3) is 0. The summed E-state index contributed by atoms with van der Waals surface area (Å²) in [5.74, 6) is 0. The highest BCUT2D eigenvalue weighted by molar-refractivity contribution is 9.13. The monoisotopic (exact) mass is 324 g/mol. The maximum atomic E-state index is 5.88. The molecule has 2 aromatic rings. The van der Waals surface area contributed by atoms with Crippen molar-refractivity contribution in [2.75, 3.05) is 0 Å². The molecule has 0 amide bonds. The molecule has 62 valence electrons. The van der Waals surface area contributed by atoms with E-state index in [9.17, 15) is 0 Å². The third-order valence-electron chi connectivity index (χ3n) is 1.53. The Morgan fingerprint density at radius 3 is 2.50 bits per heavy atom. The normalized spacial score (nSPS) is 10.9. The van der Waals surface area contributed by atoms with Gasteiger partial charge < -0.3 is 0 Å². The second-order valence-electron chi connectivity index (χ2n) is 2.35. The molecule has 0 saturated carbocycles. The lowest BCUT2D eigenvalue weighted by Gasteiger charge is -1.94. The molecule has 4 heteroatoms. The molecule has 0 saturated heterocycles. The van der Waals surface area contributed by atoms with Crippen molar-refractivity contribution in [3.05, 3.63) is 31.5 Å². The zero-order valence-corrected chi connectivity index (χ0v) is 10.5. The zero-order valence-electron chi connectivity index (χ0n) is 5.77. The first kappa shape index (κ1) is 9.00. The van der Waals surface area contributed by atoms with Crippen molar-refractivity contribution in [3.8, 4) is 0 Å². The van der Waals surface area contributed by atoms with Crippen molar-refractivity contribution in [3.63, 3.8) is 0 Å². The van der Waals surface area contributed by atoms with Crippen LogP contribution in [0.4, 0.5) is 0 Å². The lowest BCUT2D eigenvalue weighted by Crippen LogP contribution is -1.67. The van der Waals surface area contributed by atoms with Gasteiger partial charge in [-0.1, -0.05) is 11.6 Å². The van der Waals surface area contributed by atoms with E-state index < -0.39 is 0 Å². The van der Waals surface area contributed by atoms with Crippen LogP contribution < -0.4 is 0 Å². The molecule has 1 heterocycles. The first-order chi connectivity index (χ1) is 5.66. The highest BCUT2D eigenvalue weighted by Gasteiger charge is 2.03. The Morgan fingerprint density at radius 1 is 1.08 bits per heavy atom. The van der Waals surface area contributed by atoms with Crippen LogP contribution in [0.1, 0.15) is 0 Å². The van der Waals surface area contributed by atoms with E-state index in [1.807, 2.05) is 6.07 Å². The van der Waals surface area contributed by atoms with Crippen molar-refractivity contribution in [2.45, 2.75) is 0 Å². The zero-order chi connectivity index (χ0) is 8.72. The third kappa shape index (κ3) is 1.55. The Morgan fingerprint density at radius 2 is 1.75 bits per heavy atom. The molecule has 1 aromatic carbocycles. The van der Waals surface area contributed by atoms with Gasteiger partial charge in [0.15, 0.2) is 0 Å². The van der Waals surface area contributed by atoms with Gasteiger partial charge in [0.2, 0.25) is 0 Å². The molecule has 0 radical (unpaired) electrons. The minimum Gasteiger partial charge on any atom is -0.123 e. The SMILES string of the molecule is Clc1cc2cc(Br)c(Br)cc2s1. The molecular formula is C8H3Br2ClS. The van der Waals surface area contributed by atoms with Crippen LogP contribution in [0.2, 0.25) is 4.34 Å². The van der Waals surface area contributed by atoms with E-state index in [4.69, 9.17) is 11.6 Å². The number of fused-ring (bicyclic) bond motifs is 1. The largest absolute Gasteiger partial charge is 0.123 e. The number of benzene rings is 1. The lowest BCUT2D eigenvalue weighted by atomic mass is 10.3. The van der Waals surface area contributed by atoms with Crippen molar-refractivity contribution >= 4 is 64.9 Å². The van der Waals surface area contributed by atoms with Gasteiger partial charge in [-0.25, -0.2) is 0 Å². The van der Waals surface area contributed by atoms with Crippen molar-refractivity contribution in [1.82, 2.24) is 0 Å². The quantitative estimate of drug-likeness (QED) is 0.633. The van der Waals surface area contributed by atoms with Gasteiger partial charge >= 0.3 is 0 Å². The van der Waals surface area contributed by atoms with Crippen LogP contribution in [0.15, 0.2) is 27.1 Å². The summed E-state index contributed by atoms with van der Waals surface area (Å²) >= 11 is 14.3. The molecular weight excluding hydrogens is 323 g/mol. The van der Waals surface area contributed by atoms with Crippen molar-refractivity contribution < 1.29 is 0 Å². The summed E-state index contributed by atoms with van der Waals surface area (Å²) < 4.78 is 4.16. The number of thiophene rings is 1. The molecule has 0 aliphatic carbocycles. The first-order valence-electron chi connectivity index (χ1n) is 3.21. The number of halogens is 3. The van der Waals surface area contributed by atoms with Gasteiger partial charge in [0, 0.05) is 13.6 Å². The van der Waals surface area contributed by atoms with Gasteiger partial charge in [0.05, 0.1) is 4.34 Å². The molecule has 0 aliphatic heterocycles. The summed E-state index contributed by atoms with van der Waals surface area (Å²) in [5.41, 5.74) is 0. The Labute approximate surface area is 95.8 Å². The molecule has 1 aromatic heterocycles. The fourth-order valence-corrected chi connectivity index (χ4v) is 3.03. The van der Waals surface area contributed by atoms with Gasteiger partial charge in [0.25, 0.3) is 0 Å². The second kappa shape index (κ2) is 3.29. The smallest absolute Gasteiger partial charge is 0.0940 e. The van der Waals surface area contributed by atoms with Crippen molar-refractivity contribution in [1.29, 1.82) is 0 Å². The molecule has 0 unspecified atom stereocenters. The first-order valence-corrected chi connectivity index (χ1v) is 5.99. The Bertz CT molecular complexity index is 397. The standard InChI is InChI=1S/C8H3Br2ClS/c9-5-1-4-2-8(11)12-7(4)3-6(5)10/h1-3H. The molecule has 0 spiro atoms. The molecule has 12 heavy (non-hydrogen) atoms. The van der Waals surface area contributed by atoms with E-state index in [1.54, 1.807) is 11.3 Å². The predicted molar refractivity (Wildman–Crippen MR) is 62.2 cm³/mol. The second-order valence-corrected chi connectivity index (χ2v) is 5.78. The fourth-order valence-electron chi connectivity index (χ4n) is 1.00. The Hall–Kier alpha value is 0.430. The van der Waals surface area contributed by atoms with E-state index in [0.29, 0.717) is 0 Å².